The lowest BCUT2D eigenvalue weighted by Gasteiger charge is -2.14. The molecule has 0 aliphatic heterocycles. The van der Waals surface area contributed by atoms with E-state index in [1.165, 1.54) is 19.1 Å². The van der Waals surface area contributed by atoms with Crippen LogP contribution in [0.3, 0.4) is 0 Å². The van der Waals surface area contributed by atoms with E-state index in [2.05, 4.69) is 4.18 Å². The minimum Gasteiger partial charge on any atom is -0.378 e. The van der Waals surface area contributed by atoms with E-state index < -0.39 is 38.3 Å². The van der Waals surface area contributed by atoms with Crippen LogP contribution in [0.25, 0.3) is 0 Å². The van der Waals surface area contributed by atoms with Crippen molar-refractivity contribution in [3.63, 3.8) is 0 Å². The molecule has 0 saturated heterocycles. The molecule has 3 nitrogen and oxygen atoms in total. The standard InChI is InChI=1S/C14H10F4O3S/c1-9-6-7-10(15)8-13(9)22(19,20)21-12-5-3-2-4-11(12)14(16,17)18/h2-8H,1H3. The molecule has 0 aromatic heterocycles. The molecule has 0 heterocycles. The topological polar surface area (TPSA) is 43.4 Å². The summed E-state index contributed by atoms with van der Waals surface area (Å²) in [7, 11) is -4.59. The third kappa shape index (κ3) is 3.38. The van der Waals surface area contributed by atoms with E-state index in [9.17, 15) is 26.0 Å². The second-order valence-electron chi connectivity index (χ2n) is 4.44. The molecule has 0 spiro atoms. The van der Waals surface area contributed by atoms with Gasteiger partial charge in [0.1, 0.15) is 10.7 Å². The van der Waals surface area contributed by atoms with Crippen molar-refractivity contribution in [2.75, 3.05) is 0 Å². The molecule has 0 amide bonds. The number of para-hydroxylation sites is 1. The lowest BCUT2D eigenvalue weighted by atomic mass is 10.2. The normalized spacial score (nSPS) is 12.2. The molecule has 0 saturated carbocycles. The highest BCUT2D eigenvalue weighted by Crippen LogP contribution is 2.37. The summed E-state index contributed by atoms with van der Waals surface area (Å²) in [6.07, 6.45) is -4.77. The molecule has 0 aliphatic carbocycles. The van der Waals surface area contributed by atoms with Gasteiger partial charge in [-0.05, 0) is 36.8 Å². The van der Waals surface area contributed by atoms with Crippen LogP contribution >= 0.6 is 0 Å². The molecule has 0 radical (unpaired) electrons. The van der Waals surface area contributed by atoms with Crippen LogP contribution < -0.4 is 4.18 Å². The lowest BCUT2D eigenvalue weighted by molar-refractivity contribution is -0.138. The molecule has 0 unspecified atom stereocenters. The Morgan fingerprint density at radius 2 is 1.68 bits per heavy atom. The van der Waals surface area contributed by atoms with E-state index in [0.717, 1.165) is 18.2 Å². The van der Waals surface area contributed by atoms with Gasteiger partial charge >= 0.3 is 16.3 Å². The van der Waals surface area contributed by atoms with E-state index in [4.69, 9.17) is 0 Å². The first-order valence-electron chi connectivity index (χ1n) is 5.98. The van der Waals surface area contributed by atoms with Crippen molar-refractivity contribution in [1.82, 2.24) is 0 Å². The van der Waals surface area contributed by atoms with Crippen LogP contribution in [0.4, 0.5) is 17.6 Å². The van der Waals surface area contributed by atoms with Crippen LogP contribution in [0.5, 0.6) is 5.75 Å². The van der Waals surface area contributed by atoms with Gasteiger partial charge in [0.25, 0.3) is 0 Å². The highest BCUT2D eigenvalue weighted by Gasteiger charge is 2.35. The fourth-order valence-corrected chi connectivity index (χ4v) is 2.97. The van der Waals surface area contributed by atoms with Crippen molar-refractivity contribution in [3.8, 4) is 5.75 Å². The summed E-state index contributed by atoms with van der Waals surface area (Å²) in [6, 6.07) is 6.83. The predicted octanol–water partition coefficient (Wildman–Crippen LogP) is 3.92. The molecule has 0 atom stereocenters. The Labute approximate surface area is 124 Å². The SMILES string of the molecule is Cc1ccc(F)cc1S(=O)(=O)Oc1ccccc1C(F)(F)F. The van der Waals surface area contributed by atoms with Crippen LogP contribution in [-0.2, 0) is 16.3 Å². The van der Waals surface area contributed by atoms with Gasteiger partial charge in [0.05, 0.1) is 5.56 Å². The number of hydrogen-bond acceptors (Lipinski definition) is 3. The fourth-order valence-electron chi connectivity index (χ4n) is 1.78. The zero-order valence-corrected chi connectivity index (χ0v) is 12.0. The zero-order valence-electron chi connectivity index (χ0n) is 11.2. The van der Waals surface area contributed by atoms with Gasteiger partial charge in [-0.25, -0.2) is 4.39 Å². The third-order valence-corrected chi connectivity index (χ3v) is 4.19. The quantitative estimate of drug-likeness (QED) is 0.631. The molecule has 0 N–H and O–H groups in total. The van der Waals surface area contributed by atoms with Crippen molar-refractivity contribution < 1.29 is 30.2 Å². The Kier molecular flexibility index (Phi) is 4.15. The number of hydrogen-bond donors (Lipinski definition) is 0. The highest BCUT2D eigenvalue weighted by atomic mass is 32.2. The molecule has 22 heavy (non-hydrogen) atoms. The summed E-state index contributed by atoms with van der Waals surface area (Å²) in [4.78, 5) is -0.524. The molecule has 2 rings (SSSR count). The number of alkyl halides is 3. The maximum absolute atomic E-state index is 13.2. The van der Waals surface area contributed by atoms with Gasteiger partial charge in [0, 0.05) is 0 Å². The zero-order chi connectivity index (χ0) is 16.5. The minimum absolute atomic E-state index is 0.158. The maximum Gasteiger partial charge on any atom is 0.420 e. The van der Waals surface area contributed by atoms with Gasteiger partial charge in [-0.3, -0.25) is 0 Å². The van der Waals surface area contributed by atoms with Crippen molar-refractivity contribution in [2.24, 2.45) is 0 Å². The number of aryl methyl sites for hydroxylation is 1. The van der Waals surface area contributed by atoms with E-state index in [0.29, 0.717) is 12.1 Å². The van der Waals surface area contributed by atoms with E-state index >= 15 is 0 Å². The lowest BCUT2D eigenvalue weighted by Crippen LogP contribution is -2.15. The average molecular weight is 334 g/mol. The molecule has 2 aromatic carbocycles. The van der Waals surface area contributed by atoms with Gasteiger partial charge in [-0.1, -0.05) is 18.2 Å². The molecule has 0 aliphatic rings. The summed E-state index contributed by atoms with van der Waals surface area (Å²) in [6.45, 7) is 1.38. The van der Waals surface area contributed by atoms with Crippen LogP contribution in [0, 0.1) is 12.7 Å². The maximum atomic E-state index is 13.2. The Morgan fingerprint density at radius 1 is 1.05 bits per heavy atom. The summed E-state index contributed by atoms with van der Waals surface area (Å²) in [5.41, 5.74) is -1.07. The van der Waals surface area contributed by atoms with Crippen molar-refractivity contribution in [2.45, 2.75) is 18.0 Å². The Bertz CT molecular complexity index is 798. The van der Waals surface area contributed by atoms with Gasteiger partial charge in [-0.15, -0.1) is 0 Å². The summed E-state index contributed by atoms with van der Waals surface area (Å²) in [5.74, 6) is -1.70. The van der Waals surface area contributed by atoms with Crippen molar-refractivity contribution in [3.05, 3.63) is 59.4 Å². The number of rotatable bonds is 3. The predicted molar refractivity (Wildman–Crippen MR) is 70.4 cm³/mol. The molecule has 118 valence electrons. The Balaban J connectivity index is 2.49. The van der Waals surface area contributed by atoms with Gasteiger partial charge in [0.15, 0.2) is 5.75 Å². The van der Waals surface area contributed by atoms with Gasteiger partial charge < -0.3 is 4.18 Å². The van der Waals surface area contributed by atoms with E-state index in [-0.39, 0.29) is 5.56 Å². The molecule has 8 heteroatoms. The second-order valence-corrected chi connectivity index (χ2v) is 5.96. The molecule has 0 bridgehead atoms. The first-order valence-corrected chi connectivity index (χ1v) is 7.39. The monoisotopic (exact) mass is 334 g/mol. The summed E-state index contributed by atoms with van der Waals surface area (Å²) >= 11 is 0. The Morgan fingerprint density at radius 3 is 2.32 bits per heavy atom. The smallest absolute Gasteiger partial charge is 0.378 e. The van der Waals surface area contributed by atoms with Crippen LogP contribution in [0.15, 0.2) is 47.4 Å². The Hall–Kier alpha value is -2.09. The van der Waals surface area contributed by atoms with Gasteiger partial charge in [0.2, 0.25) is 0 Å². The first-order chi connectivity index (χ1) is 10.1. The van der Waals surface area contributed by atoms with Crippen molar-refractivity contribution >= 4 is 10.1 Å². The molecule has 2 aromatic rings. The largest absolute Gasteiger partial charge is 0.420 e. The van der Waals surface area contributed by atoms with Gasteiger partial charge in [-0.2, -0.15) is 21.6 Å². The second kappa shape index (κ2) is 5.60. The van der Waals surface area contributed by atoms with Crippen molar-refractivity contribution in [1.29, 1.82) is 0 Å². The summed E-state index contributed by atoms with van der Waals surface area (Å²) in [5, 5.41) is 0. The van der Waals surface area contributed by atoms with E-state index in [1.807, 2.05) is 0 Å². The molecule has 0 fully saturated rings. The third-order valence-electron chi connectivity index (χ3n) is 2.81. The van der Waals surface area contributed by atoms with E-state index in [1.54, 1.807) is 0 Å². The average Bonchev–Trinajstić information content (AvgIpc) is 2.40. The van der Waals surface area contributed by atoms with Crippen LogP contribution in [-0.4, -0.2) is 8.42 Å². The van der Waals surface area contributed by atoms with Crippen LogP contribution in [0.2, 0.25) is 0 Å². The number of halogens is 4. The van der Waals surface area contributed by atoms with Crippen LogP contribution in [0.1, 0.15) is 11.1 Å². The fraction of sp³-hybridized carbons (Fsp3) is 0.143. The number of benzene rings is 2. The first kappa shape index (κ1) is 16.3. The highest BCUT2D eigenvalue weighted by molar-refractivity contribution is 7.87. The molecular formula is C14H10F4O3S. The molecular weight excluding hydrogens is 324 g/mol. The minimum atomic E-state index is -4.77. The summed E-state index contributed by atoms with van der Waals surface area (Å²) < 4.78 is 80.5.